The summed E-state index contributed by atoms with van der Waals surface area (Å²) in [5.41, 5.74) is 17.9. The van der Waals surface area contributed by atoms with Gasteiger partial charge < -0.3 is 9.13 Å². The van der Waals surface area contributed by atoms with Gasteiger partial charge in [0.1, 0.15) is 0 Å². The molecule has 1 atom stereocenters. The average Bonchev–Trinajstić information content (AvgIpc) is 3.84. The number of hydrogen-bond donors (Lipinski definition) is 0. The topological polar surface area (TPSA) is 9.86 Å². The molecule has 2 aliphatic rings. The first kappa shape index (κ1) is 29.0. The van der Waals surface area contributed by atoms with Gasteiger partial charge in [0, 0.05) is 32.9 Å². The summed E-state index contributed by atoms with van der Waals surface area (Å²) in [4.78, 5) is 0. The zero-order valence-electron chi connectivity index (χ0n) is 29.3. The molecule has 2 aliphatic carbocycles. The molecule has 0 spiro atoms. The van der Waals surface area contributed by atoms with Crippen LogP contribution in [0.5, 0.6) is 0 Å². The van der Waals surface area contributed by atoms with Crippen LogP contribution in [-0.2, 0) is 6.42 Å². The second kappa shape index (κ2) is 10.7. The number of fused-ring (bicyclic) bond motifs is 11. The molecule has 10 aromatic rings. The van der Waals surface area contributed by atoms with Crippen molar-refractivity contribution in [2.24, 2.45) is 5.92 Å². The third-order valence-electron chi connectivity index (χ3n) is 12.0. The summed E-state index contributed by atoms with van der Waals surface area (Å²) in [5, 5.41) is 7.88. The smallest absolute Gasteiger partial charge is 0.0544 e. The molecule has 8 aromatic carbocycles. The Kier molecular flexibility index (Phi) is 5.85. The molecule has 0 saturated carbocycles. The van der Waals surface area contributed by atoms with Crippen LogP contribution in [0.15, 0.2) is 164 Å². The van der Waals surface area contributed by atoms with Crippen LogP contribution in [0.3, 0.4) is 0 Å². The summed E-state index contributed by atoms with van der Waals surface area (Å²) in [6, 6.07) is 58.9. The maximum Gasteiger partial charge on any atom is 0.0544 e. The van der Waals surface area contributed by atoms with Crippen molar-refractivity contribution in [3.8, 4) is 44.8 Å². The number of allylic oxidation sites excluding steroid dienone is 1. The summed E-state index contributed by atoms with van der Waals surface area (Å²) < 4.78 is 4.92. The van der Waals surface area contributed by atoms with Crippen molar-refractivity contribution in [3.63, 3.8) is 0 Å². The molecule has 0 N–H and O–H groups in total. The average molecular weight is 675 g/mol. The molecule has 0 aliphatic heterocycles. The van der Waals surface area contributed by atoms with E-state index in [0.717, 1.165) is 6.42 Å². The van der Waals surface area contributed by atoms with Gasteiger partial charge in [-0.2, -0.15) is 0 Å². The number of aromatic nitrogens is 2. The zero-order valence-corrected chi connectivity index (χ0v) is 29.3. The maximum atomic E-state index is 2.47. The number of para-hydroxylation sites is 2. The molecule has 2 nitrogen and oxygen atoms in total. The van der Waals surface area contributed by atoms with Crippen LogP contribution in [0.25, 0.3) is 105 Å². The van der Waals surface area contributed by atoms with Gasteiger partial charge in [0.15, 0.2) is 0 Å². The molecule has 12 rings (SSSR count). The van der Waals surface area contributed by atoms with Gasteiger partial charge in [0.25, 0.3) is 0 Å². The molecule has 2 heterocycles. The van der Waals surface area contributed by atoms with Crippen molar-refractivity contribution in [2.45, 2.75) is 13.3 Å². The van der Waals surface area contributed by atoms with Gasteiger partial charge in [-0.25, -0.2) is 0 Å². The molecule has 53 heavy (non-hydrogen) atoms. The van der Waals surface area contributed by atoms with Gasteiger partial charge in [0.2, 0.25) is 0 Å². The summed E-state index contributed by atoms with van der Waals surface area (Å²) in [6.07, 6.45) is 5.73. The second-order valence-corrected chi connectivity index (χ2v) is 15.0. The highest BCUT2D eigenvalue weighted by Gasteiger charge is 2.24. The molecule has 0 fully saturated rings. The molecule has 0 saturated heterocycles. The van der Waals surface area contributed by atoms with E-state index >= 15 is 0 Å². The first-order chi connectivity index (χ1) is 26.2. The van der Waals surface area contributed by atoms with Crippen LogP contribution in [0.4, 0.5) is 0 Å². The highest BCUT2D eigenvalue weighted by molar-refractivity contribution is 6.17. The Bertz CT molecular complexity index is 3210. The minimum atomic E-state index is 0.514. The summed E-state index contributed by atoms with van der Waals surface area (Å²) in [7, 11) is 0. The third-order valence-corrected chi connectivity index (χ3v) is 12.0. The molecule has 2 aromatic heterocycles. The third kappa shape index (κ3) is 4.04. The van der Waals surface area contributed by atoms with Crippen LogP contribution in [-0.4, -0.2) is 9.13 Å². The van der Waals surface area contributed by atoms with Gasteiger partial charge in [0.05, 0.1) is 22.1 Å². The Hall–Kier alpha value is -6.64. The molecule has 248 valence electrons. The quantitative estimate of drug-likeness (QED) is 0.177. The fourth-order valence-corrected chi connectivity index (χ4v) is 9.63. The molecule has 0 bridgehead atoms. The zero-order chi connectivity index (χ0) is 34.8. The second-order valence-electron chi connectivity index (χ2n) is 15.0. The number of hydrogen-bond acceptors (Lipinski definition) is 0. The molecular weight excluding hydrogens is 641 g/mol. The lowest BCUT2D eigenvalue weighted by atomic mass is 9.87. The van der Waals surface area contributed by atoms with E-state index in [9.17, 15) is 0 Å². The predicted octanol–water partition coefficient (Wildman–Crippen LogP) is 13.6. The Balaban J connectivity index is 1.08. The standard InChI is InChI=1S/C51H34N2/c1-31-18-19-32-20-25-49-51(42(32)26-31)45-29-34(22-24-48(45)52(49)36-11-3-2-4-12-36)33-21-23-47-43(28-33)40-15-7-8-17-46(40)53(47)37-27-35-10-9-16-41-38-13-5-6-14-39(38)44(30-37)50(35)41/h2-25,27-31H,26H2,1H3. The van der Waals surface area contributed by atoms with E-state index in [0.29, 0.717) is 5.92 Å². The van der Waals surface area contributed by atoms with Crippen molar-refractivity contribution in [1.82, 2.24) is 9.13 Å². The largest absolute Gasteiger partial charge is 0.309 e. The number of nitrogens with zero attached hydrogens (tertiary/aromatic N) is 2. The van der Waals surface area contributed by atoms with Gasteiger partial charge in [-0.3, -0.25) is 0 Å². The van der Waals surface area contributed by atoms with E-state index in [-0.39, 0.29) is 0 Å². The number of rotatable bonds is 3. The van der Waals surface area contributed by atoms with Crippen LogP contribution in [0.1, 0.15) is 18.1 Å². The van der Waals surface area contributed by atoms with Crippen LogP contribution >= 0.6 is 0 Å². The van der Waals surface area contributed by atoms with Crippen molar-refractivity contribution >= 4 is 60.5 Å². The summed E-state index contributed by atoms with van der Waals surface area (Å²) >= 11 is 0. The fourth-order valence-electron chi connectivity index (χ4n) is 9.63. The molecule has 1 unspecified atom stereocenters. The highest BCUT2D eigenvalue weighted by Crippen LogP contribution is 2.49. The first-order valence-electron chi connectivity index (χ1n) is 18.7. The minimum Gasteiger partial charge on any atom is -0.309 e. The Morgan fingerprint density at radius 2 is 1.11 bits per heavy atom. The van der Waals surface area contributed by atoms with E-state index in [1.807, 2.05) is 0 Å². The molecule has 2 heteroatoms. The predicted molar refractivity (Wildman–Crippen MR) is 224 cm³/mol. The van der Waals surface area contributed by atoms with Crippen molar-refractivity contribution in [1.29, 1.82) is 0 Å². The van der Waals surface area contributed by atoms with Crippen molar-refractivity contribution in [2.75, 3.05) is 0 Å². The van der Waals surface area contributed by atoms with Gasteiger partial charge >= 0.3 is 0 Å². The lowest BCUT2D eigenvalue weighted by Crippen LogP contribution is -2.04. The Labute approximate surface area is 307 Å². The summed E-state index contributed by atoms with van der Waals surface area (Å²) in [6.45, 7) is 2.33. The summed E-state index contributed by atoms with van der Waals surface area (Å²) in [5.74, 6) is 0.514. The van der Waals surface area contributed by atoms with Gasteiger partial charge in [-0.1, -0.05) is 116 Å². The lowest BCUT2D eigenvalue weighted by molar-refractivity contribution is 0.721. The van der Waals surface area contributed by atoms with E-state index in [4.69, 9.17) is 0 Å². The van der Waals surface area contributed by atoms with Gasteiger partial charge in [-0.15, -0.1) is 0 Å². The molecule has 0 radical (unpaired) electrons. The maximum absolute atomic E-state index is 2.47. The molecular formula is C51H34N2. The highest BCUT2D eigenvalue weighted by atomic mass is 15.0. The SMILES string of the molecule is CC1C=Cc2ccc3c(c2C1)c1cc(-c2ccc4c(c2)c2ccccc2n4-c2cc4c5c(cccc5c2)-c2ccccc2-4)ccc1n3-c1ccccc1. The van der Waals surface area contributed by atoms with Crippen molar-refractivity contribution in [3.05, 3.63) is 175 Å². The van der Waals surface area contributed by atoms with E-state index < -0.39 is 0 Å². The van der Waals surface area contributed by atoms with E-state index in [2.05, 4.69) is 186 Å². The molecule has 0 amide bonds. The Morgan fingerprint density at radius 1 is 0.453 bits per heavy atom. The lowest BCUT2D eigenvalue weighted by Gasteiger charge is -2.17. The van der Waals surface area contributed by atoms with Gasteiger partial charge in [-0.05, 0) is 128 Å². The number of benzene rings is 8. The minimum absolute atomic E-state index is 0.514. The fraction of sp³-hybridized carbons (Fsp3) is 0.0588. The monoisotopic (exact) mass is 674 g/mol. The first-order valence-corrected chi connectivity index (χ1v) is 18.7. The van der Waals surface area contributed by atoms with E-state index in [1.54, 1.807) is 0 Å². The normalized spacial score (nSPS) is 14.5. The van der Waals surface area contributed by atoms with E-state index in [1.165, 1.54) is 110 Å². The van der Waals surface area contributed by atoms with Crippen LogP contribution < -0.4 is 0 Å². The van der Waals surface area contributed by atoms with Crippen LogP contribution in [0.2, 0.25) is 0 Å². The Morgan fingerprint density at radius 3 is 1.96 bits per heavy atom. The van der Waals surface area contributed by atoms with Crippen molar-refractivity contribution < 1.29 is 0 Å². The van der Waals surface area contributed by atoms with Crippen LogP contribution in [0, 0.1) is 5.92 Å².